The summed E-state index contributed by atoms with van der Waals surface area (Å²) < 4.78 is 40.2. The minimum atomic E-state index is -4.36. The lowest BCUT2D eigenvalue weighted by Gasteiger charge is -2.47. The molecule has 0 atom stereocenters. The molecule has 0 amide bonds. The van der Waals surface area contributed by atoms with Gasteiger partial charge in [0.15, 0.2) is 0 Å². The Morgan fingerprint density at radius 2 is 0.976 bits per heavy atom. The summed E-state index contributed by atoms with van der Waals surface area (Å²) in [6.07, 6.45) is -4.36. The standard InChI is InChI=1S/C38H32BF3/c1-23-15-17-24(18-16-23)27-9-6-13-31-33(27)36(2,3)29-11-8-12-30-35(29)39(31)32-14-7-10-28(34(32)37(30,4)5)25-19-21-26(22-20-25)38(40,41)42/h6-22H,1-5H3. The van der Waals surface area contributed by atoms with E-state index < -0.39 is 11.7 Å². The van der Waals surface area contributed by atoms with Crippen LogP contribution in [0.4, 0.5) is 13.2 Å². The van der Waals surface area contributed by atoms with Gasteiger partial charge in [0.1, 0.15) is 0 Å². The maximum absolute atomic E-state index is 13.4. The van der Waals surface area contributed by atoms with E-state index in [-0.39, 0.29) is 17.5 Å². The van der Waals surface area contributed by atoms with Gasteiger partial charge in [-0.15, -0.1) is 0 Å². The molecule has 2 heterocycles. The molecular weight excluding hydrogens is 524 g/mol. The molecule has 0 unspecified atom stereocenters. The molecule has 0 saturated carbocycles. The Kier molecular flexibility index (Phi) is 5.73. The number of benzene rings is 5. The Balaban J connectivity index is 1.52. The molecule has 2 aliphatic rings. The smallest absolute Gasteiger partial charge is 0.166 e. The summed E-state index contributed by atoms with van der Waals surface area (Å²) in [7, 11) is 0. The number of hydrogen-bond acceptors (Lipinski definition) is 0. The maximum atomic E-state index is 13.4. The van der Waals surface area contributed by atoms with Gasteiger partial charge in [-0.25, -0.2) is 0 Å². The van der Waals surface area contributed by atoms with Crippen LogP contribution < -0.4 is 16.4 Å². The van der Waals surface area contributed by atoms with Crippen molar-refractivity contribution in [1.29, 1.82) is 0 Å². The predicted molar refractivity (Wildman–Crippen MR) is 169 cm³/mol. The molecule has 2 aliphatic heterocycles. The molecule has 5 aromatic carbocycles. The van der Waals surface area contributed by atoms with Gasteiger partial charge < -0.3 is 0 Å². The molecule has 0 saturated heterocycles. The van der Waals surface area contributed by atoms with Crippen molar-refractivity contribution in [2.45, 2.75) is 51.6 Å². The van der Waals surface area contributed by atoms with Crippen molar-refractivity contribution in [1.82, 2.24) is 0 Å². The zero-order valence-electron chi connectivity index (χ0n) is 24.5. The molecule has 7 rings (SSSR count). The lowest BCUT2D eigenvalue weighted by molar-refractivity contribution is -0.137. The van der Waals surface area contributed by atoms with Crippen LogP contribution in [0.15, 0.2) is 103 Å². The highest BCUT2D eigenvalue weighted by molar-refractivity contribution is 6.97. The highest BCUT2D eigenvalue weighted by Crippen LogP contribution is 2.45. The SMILES string of the molecule is Cc1ccc(-c2cccc3c2C(C)(C)c2cccc4c2B3c2cccc(-c3ccc(C(F)(F)F)cc3)c2C4(C)C)cc1. The second-order valence-corrected chi connectivity index (χ2v) is 12.9. The lowest BCUT2D eigenvalue weighted by atomic mass is 9.27. The fraction of sp³-hybridized carbons (Fsp3) is 0.211. The normalized spacial score (nSPS) is 16.0. The summed E-state index contributed by atoms with van der Waals surface area (Å²) in [4.78, 5) is 0. The van der Waals surface area contributed by atoms with E-state index >= 15 is 0 Å². The summed E-state index contributed by atoms with van der Waals surface area (Å²) in [5, 5.41) is 0. The molecule has 0 spiro atoms. The summed E-state index contributed by atoms with van der Waals surface area (Å²) in [6.45, 7) is 11.4. The average molecular weight is 556 g/mol. The van der Waals surface area contributed by atoms with Gasteiger partial charge in [-0.1, -0.05) is 141 Å². The molecule has 0 nitrogen and oxygen atoms in total. The topological polar surface area (TPSA) is 0 Å². The minimum Gasteiger partial charge on any atom is -0.166 e. The Morgan fingerprint density at radius 1 is 0.548 bits per heavy atom. The maximum Gasteiger partial charge on any atom is 0.416 e. The quantitative estimate of drug-likeness (QED) is 0.193. The fourth-order valence-electron chi connectivity index (χ4n) is 7.78. The molecule has 208 valence electrons. The molecule has 42 heavy (non-hydrogen) atoms. The first-order valence-electron chi connectivity index (χ1n) is 14.6. The van der Waals surface area contributed by atoms with E-state index in [9.17, 15) is 13.2 Å². The molecular formula is C38H32BF3. The first-order chi connectivity index (χ1) is 19.9. The van der Waals surface area contributed by atoms with E-state index in [0.717, 1.165) is 11.1 Å². The molecule has 0 bridgehead atoms. The van der Waals surface area contributed by atoms with Gasteiger partial charge in [0.2, 0.25) is 6.71 Å². The lowest BCUT2D eigenvalue weighted by Crippen LogP contribution is -2.66. The summed E-state index contributed by atoms with van der Waals surface area (Å²) >= 11 is 0. The van der Waals surface area contributed by atoms with E-state index in [0.29, 0.717) is 0 Å². The number of halogens is 3. The number of rotatable bonds is 2. The molecule has 5 aromatic rings. The van der Waals surface area contributed by atoms with Crippen LogP contribution in [0.5, 0.6) is 0 Å². The summed E-state index contributed by atoms with van der Waals surface area (Å²) in [6, 6.07) is 34.2. The van der Waals surface area contributed by atoms with Crippen molar-refractivity contribution >= 4 is 23.1 Å². The molecule has 0 aliphatic carbocycles. The third kappa shape index (κ3) is 3.77. The second kappa shape index (κ2) is 8.98. The number of aryl methyl sites for hydroxylation is 1. The highest BCUT2D eigenvalue weighted by Gasteiger charge is 2.49. The van der Waals surface area contributed by atoms with Crippen LogP contribution in [0.2, 0.25) is 0 Å². The van der Waals surface area contributed by atoms with Crippen molar-refractivity contribution in [3.05, 3.63) is 137 Å². The summed E-state index contributed by atoms with van der Waals surface area (Å²) in [5.41, 5.74) is 13.4. The Labute approximate surface area is 246 Å². The van der Waals surface area contributed by atoms with Gasteiger partial charge in [0.25, 0.3) is 0 Å². The van der Waals surface area contributed by atoms with E-state index in [1.54, 1.807) is 12.1 Å². The zero-order valence-corrected chi connectivity index (χ0v) is 24.5. The van der Waals surface area contributed by atoms with Crippen LogP contribution in [0, 0.1) is 6.92 Å². The van der Waals surface area contributed by atoms with E-state index in [1.807, 2.05) is 0 Å². The van der Waals surface area contributed by atoms with Crippen molar-refractivity contribution in [2.24, 2.45) is 0 Å². The largest absolute Gasteiger partial charge is 0.416 e. The molecule has 0 aromatic heterocycles. The Bertz CT molecular complexity index is 1860. The number of alkyl halides is 3. The minimum absolute atomic E-state index is 0.0297. The zero-order chi connectivity index (χ0) is 29.6. The predicted octanol–water partition coefficient (Wildman–Crippen LogP) is 8.14. The van der Waals surface area contributed by atoms with Crippen LogP contribution >= 0.6 is 0 Å². The highest BCUT2D eigenvalue weighted by atomic mass is 19.4. The molecule has 0 radical (unpaired) electrons. The Morgan fingerprint density at radius 3 is 1.43 bits per heavy atom. The number of hydrogen-bond donors (Lipinski definition) is 0. The Hall–Kier alpha value is -4.05. The second-order valence-electron chi connectivity index (χ2n) is 12.9. The van der Waals surface area contributed by atoms with Gasteiger partial charge >= 0.3 is 6.18 Å². The third-order valence-electron chi connectivity index (χ3n) is 9.69. The van der Waals surface area contributed by atoms with Crippen molar-refractivity contribution in [2.75, 3.05) is 0 Å². The van der Waals surface area contributed by atoms with Crippen LogP contribution in [0.1, 0.15) is 61.1 Å². The van der Waals surface area contributed by atoms with Crippen LogP contribution in [0.25, 0.3) is 22.3 Å². The number of fused-ring (bicyclic) bond motifs is 4. The van der Waals surface area contributed by atoms with Crippen molar-refractivity contribution < 1.29 is 13.2 Å². The van der Waals surface area contributed by atoms with Gasteiger partial charge in [0, 0.05) is 10.8 Å². The molecule has 0 N–H and O–H groups in total. The van der Waals surface area contributed by atoms with E-state index in [1.165, 1.54) is 67.5 Å². The average Bonchev–Trinajstić information content (AvgIpc) is 2.96. The van der Waals surface area contributed by atoms with Gasteiger partial charge in [0.05, 0.1) is 5.56 Å². The summed E-state index contributed by atoms with van der Waals surface area (Å²) in [5.74, 6) is 0. The first kappa shape index (κ1) is 26.8. The van der Waals surface area contributed by atoms with Gasteiger partial charge in [-0.3, -0.25) is 0 Å². The van der Waals surface area contributed by atoms with Gasteiger partial charge in [-0.2, -0.15) is 13.2 Å². The van der Waals surface area contributed by atoms with Crippen molar-refractivity contribution in [3.63, 3.8) is 0 Å². The fourth-order valence-corrected chi connectivity index (χ4v) is 7.78. The molecule has 0 fully saturated rings. The third-order valence-corrected chi connectivity index (χ3v) is 9.69. The van der Waals surface area contributed by atoms with Crippen molar-refractivity contribution in [3.8, 4) is 22.3 Å². The van der Waals surface area contributed by atoms with Crippen LogP contribution in [-0.4, -0.2) is 6.71 Å². The molecule has 4 heteroatoms. The van der Waals surface area contributed by atoms with E-state index in [4.69, 9.17) is 0 Å². The first-order valence-corrected chi connectivity index (χ1v) is 14.6. The van der Waals surface area contributed by atoms with Gasteiger partial charge in [-0.05, 0) is 63.6 Å². The van der Waals surface area contributed by atoms with Crippen LogP contribution in [-0.2, 0) is 17.0 Å². The monoisotopic (exact) mass is 556 g/mol. The van der Waals surface area contributed by atoms with E-state index in [2.05, 4.69) is 113 Å². The van der Waals surface area contributed by atoms with Crippen LogP contribution in [0.3, 0.4) is 0 Å².